The number of benzene rings is 3. The third-order valence-electron chi connectivity index (χ3n) is 6.66. The summed E-state index contributed by atoms with van der Waals surface area (Å²) < 4.78 is 11.5. The molecule has 1 heterocycles. The Morgan fingerprint density at radius 2 is 1.53 bits per heavy atom. The third kappa shape index (κ3) is 8.40. The lowest BCUT2D eigenvalue weighted by Gasteiger charge is -2.27. The summed E-state index contributed by atoms with van der Waals surface area (Å²) >= 11 is 0. The summed E-state index contributed by atoms with van der Waals surface area (Å²) in [4.78, 5) is 14.4. The number of amides is 1. The number of aliphatic hydroxyl groups is 1. The third-order valence-corrected chi connectivity index (χ3v) is 6.66. The van der Waals surface area contributed by atoms with Crippen LogP contribution in [0.1, 0.15) is 31.2 Å². The molecule has 1 amide bonds. The first-order valence-electron chi connectivity index (χ1n) is 12.8. The van der Waals surface area contributed by atoms with Crippen LogP contribution in [0.15, 0.2) is 84.9 Å². The Bertz CT molecular complexity index is 1060. The van der Waals surface area contributed by atoms with Crippen molar-refractivity contribution >= 4 is 11.6 Å². The number of para-hydroxylation sites is 1. The van der Waals surface area contributed by atoms with Crippen LogP contribution in [0.25, 0.3) is 0 Å². The minimum Gasteiger partial charge on any atom is -0.492 e. The fraction of sp³-hybridized carbons (Fsp3) is 0.367. The van der Waals surface area contributed by atoms with Gasteiger partial charge in [0.05, 0.1) is 5.60 Å². The normalized spacial score (nSPS) is 18.2. The van der Waals surface area contributed by atoms with Crippen LogP contribution < -0.4 is 14.8 Å². The Balaban J connectivity index is 1.13. The van der Waals surface area contributed by atoms with E-state index in [0.29, 0.717) is 12.4 Å². The number of carbonyl (C=O) groups excluding carboxylic acids is 1. The molecule has 3 aromatic rings. The van der Waals surface area contributed by atoms with Crippen molar-refractivity contribution < 1.29 is 19.4 Å². The Labute approximate surface area is 213 Å². The lowest BCUT2D eigenvalue weighted by atomic mass is 9.88. The molecule has 0 radical (unpaired) electrons. The first-order valence-corrected chi connectivity index (χ1v) is 12.8. The summed E-state index contributed by atoms with van der Waals surface area (Å²) in [5.74, 6) is 1.18. The maximum Gasteiger partial charge on any atom is 0.262 e. The Morgan fingerprint density at radius 1 is 0.861 bits per heavy atom. The monoisotopic (exact) mass is 488 g/mol. The lowest BCUT2D eigenvalue weighted by Crippen LogP contribution is -2.33. The number of hydrogen-bond acceptors (Lipinski definition) is 5. The van der Waals surface area contributed by atoms with Crippen LogP contribution in [0.2, 0.25) is 0 Å². The molecule has 1 aliphatic heterocycles. The van der Waals surface area contributed by atoms with E-state index < -0.39 is 5.60 Å². The fourth-order valence-electron chi connectivity index (χ4n) is 4.52. The molecule has 1 atom stereocenters. The molecule has 0 bridgehead atoms. The quantitative estimate of drug-likeness (QED) is 0.400. The van der Waals surface area contributed by atoms with Gasteiger partial charge in [0.2, 0.25) is 0 Å². The smallest absolute Gasteiger partial charge is 0.262 e. The molecule has 6 heteroatoms. The molecule has 0 saturated carbocycles. The zero-order valence-electron chi connectivity index (χ0n) is 20.8. The summed E-state index contributed by atoms with van der Waals surface area (Å²) in [6, 6.07) is 27.0. The van der Waals surface area contributed by atoms with E-state index in [4.69, 9.17) is 9.47 Å². The fourth-order valence-corrected chi connectivity index (χ4v) is 4.52. The van der Waals surface area contributed by atoms with Gasteiger partial charge in [0.25, 0.3) is 5.91 Å². The first-order chi connectivity index (χ1) is 17.6. The van der Waals surface area contributed by atoms with Crippen LogP contribution in [0, 0.1) is 0 Å². The van der Waals surface area contributed by atoms with Crippen molar-refractivity contribution in [2.75, 3.05) is 38.2 Å². The number of aryl methyl sites for hydroxylation is 1. The molecule has 2 N–H and O–H groups in total. The van der Waals surface area contributed by atoms with Crippen LogP contribution in [0.5, 0.6) is 11.5 Å². The Kier molecular flexibility index (Phi) is 9.36. The van der Waals surface area contributed by atoms with Gasteiger partial charge in [-0.05, 0) is 80.6 Å². The molecule has 4 rings (SSSR count). The maximum atomic E-state index is 12.0. The highest BCUT2D eigenvalue weighted by Crippen LogP contribution is 2.27. The Morgan fingerprint density at radius 3 is 2.25 bits per heavy atom. The van der Waals surface area contributed by atoms with Crippen molar-refractivity contribution in [1.29, 1.82) is 0 Å². The van der Waals surface area contributed by atoms with Crippen LogP contribution in [-0.4, -0.2) is 54.4 Å². The molecule has 0 aromatic heterocycles. The predicted molar refractivity (Wildman–Crippen MR) is 143 cm³/mol. The zero-order valence-corrected chi connectivity index (χ0v) is 20.8. The molecule has 1 fully saturated rings. The topological polar surface area (TPSA) is 71.0 Å². The van der Waals surface area contributed by atoms with Gasteiger partial charge in [0.1, 0.15) is 18.1 Å². The van der Waals surface area contributed by atoms with Gasteiger partial charge in [-0.2, -0.15) is 0 Å². The molecule has 0 aliphatic carbocycles. The van der Waals surface area contributed by atoms with Gasteiger partial charge in [-0.25, -0.2) is 0 Å². The number of hydrogen-bond donors (Lipinski definition) is 2. The van der Waals surface area contributed by atoms with Gasteiger partial charge in [-0.1, -0.05) is 48.5 Å². The molecular formula is C30H36N2O4. The second-order valence-corrected chi connectivity index (χ2v) is 9.43. The highest BCUT2D eigenvalue weighted by atomic mass is 16.5. The summed E-state index contributed by atoms with van der Waals surface area (Å²) in [5.41, 5.74) is 1.45. The predicted octanol–water partition coefficient (Wildman–Crippen LogP) is 4.93. The van der Waals surface area contributed by atoms with E-state index in [-0.39, 0.29) is 12.5 Å². The maximum absolute atomic E-state index is 12.0. The van der Waals surface area contributed by atoms with E-state index in [1.54, 1.807) is 0 Å². The molecular weight excluding hydrogens is 452 g/mol. The van der Waals surface area contributed by atoms with Gasteiger partial charge in [0, 0.05) is 18.8 Å². The molecule has 36 heavy (non-hydrogen) atoms. The van der Waals surface area contributed by atoms with Gasteiger partial charge < -0.3 is 19.9 Å². The van der Waals surface area contributed by atoms with Crippen molar-refractivity contribution in [1.82, 2.24) is 4.90 Å². The summed E-state index contributed by atoms with van der Waals surface area (Å²) in [5, 5.41) is 13.9. The summed E-state index contributed by atoms with van der Waals surface area (Å²) in [6.07, 6.45) is 4.36. The number of likely N-dealkylation sites (tertiary alicyclic amines) is 1. The highest BCUT2D eigenvalue weighted by molar-refractivity contribution is 5.91. The molecule has 1 saturated heterocycles. The van der Waals surface area contributed by atoms with E-state index in [1.165, 1.54) is 5.56 Å². The molecule has 190 valence electrons. The van der Waals surface area contributed by atoms with Crippen LogP contribution in [-0.2, 0) is 11.2 Å². The molecule has 6 nitrogen and oxygen atoms in total. The average molecular weight is 489 g/mol. The van der Waals surface area contributed by atoms with Crippen LogP contribution in [0.4, 0.5) is 5.69 Å². The van der Waals surface area contributed by atoms with E-state index in [2.05, 4.69) is 34.5 Å². The summed E-state index contributed by atoms with van der Waals surface area (Å²) in [7, 11) is 0. The van der Waals surface area contributed by atoms with Gasteiger partial charge in [0.15, 0.2) is 6.61 Å². The second kappa shape index (κ2) is 13.1. The molecule has 1 unspecified atom stereocenters. The van der Waals surface area contributed by atoms with Gasteiger partial charge in [-0.15, -0.1) is 0 Å². The number of nitrogens with zero attached hydrogens (tertiary/aromatic N) is 1. The van der Waals surface area contributed by atoms with Crippen molar-refractivity contribution in [2.24, 2.45) is 0 Å². The number of ether oxygens (including phenoxy) is 2. The number of nitrogens with one attached hydrogen (secondary N) is 1. The van der Waals surface area contributed by atoms with Crippen LogP contribution in [0.3, 0.4) is 0 Å². The van der Waals surface area contributed by atoms with E-state index in [1.807, 2.05) is 60.7 Å². The standard InChI is InChI=1S/C30H36N2O4/c33-29(31-26-10-5-2-6-11-26)24-36-28-14-12-27(13-15-28)35-23-22-32-20-7-17-30(34,19-21-32)18-16-25-8-3-1-4-9-25/h1-6,8-15,34H,7,16-24H2,(H,31,33). The van der Waals surface area contributed by atoms with E-state index in [0.717, 1.165) is 63.2 Å². The number of anilines is 1. The van der Waals surface area contributed by atoms with E-state index in [9.17, 15) is 9.90 Å². The van der Waals surface area contributed by atoms with Gasteiger partial charge in [-0.3, -0.25) is 9.69 Å². The average Bonchev–Trinajstić information content (AvgIpc) is 3.10. The van der Waals surface area contributed by atoms with Gasteiger partial charge >= 0.3 is 0 Å². The van der Waals surface area contributed by atoms with Crippen molar-refractivity contribution in [3.63, 3.8) is 0 Å². The largest absolute Gasteiger partial charge is 0.492 e. The number of rotatable bonds is 11. The number of carbonyl (C=O) groups is 1. The first kappa shape index (κ1) is 25.7. The van der Waals surface area contributed by atoms with Crippen molar-refractivity contribution in [3.8, 4) is 11.5 Å². The minimum absolute atomic E-state index is 0.0538. The minimum atomic E-state index is -0.584. The molecule has 0 spiro atoms. The molecule has 3 aromatic carbocycles. The van der Waals surface area contributed by atoms with Crippen LogP contribution >= 0.6 is 0 Å². The zero-order chi connectivity index (χ0) is 25.1. The van der Waals surface area contributed by atoms with E-state index >= 15 is 0 Å². The van der Waals surface area contributed by atoms with Crippen molar-refractivity contribution in [3.05, 3.63) is 90.5 Å². The summed E-state index contributed by atoms with van der Waals surface area (Å²) in [6.45, 7) is 3.22. The lowest BCUT2D eigenvalue weighted by molar-refractivity contribution is -0.118. The molecule has 1 aliphatic rings. The highest BCUT2D eigenvalue weighted by Gasteiger charge is 2.29. The Hall–Kier alpha value is -3.35. The SMILES string of the molecule is O=C(COc1ccc(OCCN2CCCC(O)(CCc3ccccc3)CC2)cc1)Nc1ccccc1. The van der Waals surface area contributed by atoms with Crippen molar-refractivity contribution in [2.45, 2.75) is 37.7 Å². The second-order valence-electron chi connectivity index (χ2n) is 9.43.